The summed E-state index contributed by atoms with van der Waals surface area (Å²) in [6, 6.07) is 9.58. The molecule has 0 bridgehead atoms. The summed E-state index contributed by atoms with van der Waals surface area (Å²) >= 11 is 0. The molecule has 0 heterocycles. The molecule has 0 aliphatic rings. The van der Waals surface area contributed by atoms with Crippen LogP contribution in [0.2, 0.25) is 0 Å². The van der Waals surface area contributed by atoms with E-state index in [-0.39, 0.29) is 0 Å². The lowest BCUT2D eigenvalue weighted by atomic mass is 9.92. The van der Waals surface area contributed by atoms with Gasteiger partial charge >= 0.3 is 0 Å². The fourth-order valence-electron chi connectivity index (χ4n) is 1.31. The van der Waals surface area contributed by atoms with Gasteiger partial charge in [0.2, 0.25) is 0 Å². The third kappa shape index (κ3) is 2.08. The van der Waals surface area contributed by atoms with Crippen molar-refractivity contribution in [2.75, 3.05) is 0 Å². The standard InChI is InChI=1S/C11H15O/c1-3-9-11(2,12)10-7-5-4-6-8-10/h4-8,12H,2-3,9H2,1H3. The highest BCUT2D eigenvalue weighted by Crippen LogP contribution is 2.24. The molecule has 0 aromatic heterocycles. The Kier molecular flexibility index (Phi) is 2.88. The van der Waals surface area contributed by atoms with E-state index in [0.717, 1.165) is 12.0 Å². The molecule has 1 atom stereocenters. The highest BCUT2D eigenvalue weighted by molar-refractivity contribution is 5.22. The van der Waals surface area contributed by atoms with Crippen LogP contribution in [0.25, 0.3) is 0 Å². The zero-order valence-electron chi connectivity index (χ0n) is 7.46. The van der Waals surface area contributed by atoms with Crippen LogP contribution >= 0.6 is 0 Å². The number of hydrogen-bond acceptors (Lipinski definition) is 1. The maximum atomic E-state index is 9.87. The second kappa shape index (κ2) is 3.72. The molecule has 1 heteroatoms. The molecular weight excluding hydrogens is 148 g/mol. The minimum Gasteiger partial charge on any atom is -0.385 e. The van der Waals surface area contributed by atoms with Crippen molar-refractivity contribution in [2.24, 2.45) is 0 Å². The van der Waals surface area contributed by atoms with Crippen LogP contribution in [0.5, 0.6) is 0 Å². The Hall–Kier alpha value is -0.820. The van der Waals surface area contributed by atoms with Crippen LogP contribution in [0.3, 0.4) is 0 Å². The lowest BCUT2D eigenvalue weighted by molar-refractivity contribution is 0.0756. The highest BCUT2D eigenvalue weighted by atomic mass is 16.3. The first-order chi connectivity index (χ1) is 5.67. The molecule has 1 unspecified atom stereocenters. The summed E-state index contributed by atoms with van der Waals surface area (Å²) in [7, 11) is 0. The fraction of sp³-hybridized carbons (Fsp3) is 0.364. The van der Waals surface area contributed by atoms with Crippen molar-refractivity contribution in [3.63, 3.8) is 0 Å². The first-order valence-corrected chi connectivity index (χ1v) is 4.30. The highest BCUT2D eigenvalue weighted by Gasteiger charge is 2.20. The fourth-order valence-corrected chi connectivity index (χ4v) is 1.31. The monoisotopic (exact) mass is 163 g/mol. The van der Waals surface area contributed by atoms with Gasteiger partial charge < -0.3 is 5.11 Å². The molecule has 1 radical (unpaired) electrons. The lowest BCUT2D eigenvalue weighted by Crippen LogP contribution is -2.20. The number of benzene rings is 1. The normalized spacial score (nSPS) is 15.6. The summed E-state index contributed by atoms with van der Waals surface area (Å²) in [5, 5.41) is 9.87. The van der Waals surface area contributed by atoms with E-state index >= 15 is 0 Å². The van der Waals surface area contributed by atoms with E-state index in [1.165, 1.54) is 0 Å². The molecule has 0 aliphatic carbocycles. The zero-order chi connectivity index (χ0) is 9.03. The van der Waals surface area contributed by atoms with Crippen LogP contribution in [0.4, 0.5) is 0 Å². The molecule has 12 heavy (non-hydrogen) atoms. The van der Waals surface area contributed by atoms with Gasteiger partial charge in [-0.25, -0.2) is 0 Å². The van der Waals surface area contributed by atoms with Gasteiger partial charge in [-0.1, -0.05) is 43.7 Å². The van der Waals surface area contributed by atoms with E-state index in [1.807, 2.05) is 37.3 Å². The van der Waals surface area contributed by atoms with E-state index in [9.17, 15) is 5.11 Å². The van der Waals surface area contributed by atoms with Crippen LogP contribution in [-0.2, 0) is 5.60 Å². The maximum absolute atomic E-state index is 9.87. The minimum atomic E-state index is -0.907. The molecule has 1 rings (SSSR count). The largest absolute Gasteiger partial charge is 0.385 e. The van der Waals surface area contributed by atoms with Gasteiger partial charge in [-0.15, -0.1) is 0 Å². The molecule has 0 saturated carbocycles. The third-order valence-corrected chi connectivity index (χ3v) is 1.97. The Morgan fingerprint density at radius 1 is 1.33 bits per heavy atom. The molecule has 1 nitrogen and oxygen atoms in total. The summed E-state index contributed by atoms with van der Waals surface area (Å²) in [5.41, 5.74) is -0.0115. The predicted octanol–water partition coefficient (Wildman–Crippen LogP) is 2.51. The van der Waals surface area contributed by atoms with Crippen LogP contribution in [0, 0.1) is 6.92 Å². The van der Waals surface area contributed by atoms with Gasteiger partial charge in [-0.2, -0.15) is 0 Å². The Bertz CT molecular complexity index is 226. The second-order valence-electron chi connectivity index (χ2n) is 3.15. The van der Waals surface area contributed by atoms with Crippen molar-refractivity contribution in [3.05, 3.63) is 42.8 Å². The predicted molar refractivity (Wildman–Crippen MR) is 50.6 cm³/mol. The Morgan fingerprint density at radius 2 is 1.92 bits per heavy atom. The maximum Gasteiger partial charge on any atom is 0.0897 e. The molecule has 0 spiro atoms. The summed E-state index contributed by atoms with van der Waals surface area (Å²) in [4.78, 5) is 0. The molecule has 0 saturated heterocycles. The molecule has 0 aliphatic heterocycles. The average molecular weight is 163 g/mol. The van der Waals surface area contributed by atoms with E-state index in [1.54, 1.807) is 0 Å². The van der Waals surface area contributed by atoms with Gasteiger partial charge in [0, 0.05) is 0 Å². The van der Waals surface area contributed by atoms with Gasteiger partial charge in [-0.3, -0.25) is 0 Å². The second-order valence-corrected chi connectivity index (χ2v) is 3.15. The first-order valence-electron chi connectivity index (χ1n) is 4.30. The van der Waals surface area contributed by atoms with Crippen molar-refractivity contribution >= 4 is 0 Å². The van der Waals surface area contributed by atoms with Gasteiger partial charge in [0.25, 0.3) is 0 Å². The van der Waals surface area contributed by atoms with Crippen molar-refractivity contribution in [1.29, 1.82) is 0 Å². The smallest absolute Gasteiger partial charge is 0.0897 e. The summed E-state index contributed by atoms with van der Waals surface area (Å²) in [6.45, 7) is 5.83. The van der Waals surface area contributed by atoms with Gasteiger partial charge in [-0.05, 0) is 18.9 Å². The first kappa shape index (κ1) is 9.27. The molecule has 1 aromatic rings. The summed E-state index contributed by atoms with van der Waals surface area (Å²) in [5.74, 6) is 0. The molecule has 1 aromatic carbocycles. The van der Waals surface area contributed by atoms with Crippen LogP contribution in [0.1, 0.15) is 25.3 Å². The van der Waals surface area contributed by atoms with Gasteiger partial charge in [0.05, 0.1) is 5.60 Å². The molecule has 0 amide bonds. The Labute approximate surface area is 74.1 Å². The minimum absolute atomic E-state index is 0.705. The Balaban J connectivity index is 2.82. The van der Waals surface area contributed by atoms with Crippen LogP contribution in [-0.4, -0.2) is 5.11 Å². The molecule has 0 fully saturated rings. The van der Waals surface area contributed by atoms with E-state index in [0.29, 0.717) is 6.42 Å². The molecule has 1 N–H and O–H groups in total. The number of aliphatic hydroxyl groups is 1. The third-order valence-electron chi connectivity index (χ3n) is 1.97. The van der Waals surface area contributed by atoms with Crippen molar-refractivity contribution in [3.8, 4) is 0 Å². The lowest BCUT2D eigenvalue weighted by Gasteiger charge is -2.22. The van der Waals surface area contributed by atoms with Gasteiger partial charge in [0.1, 0.15) is 0 Å². The van der Waals surface area contributed by atoms with E-state index in [2.05, 4.69) is 6.92 Å². The van der Waals surface area contributed by atoms with E-state index < -0.39 is 5.60 Å². The molecular formula is C11H15O. The number of hydrogen-bond donors (Lipinski definition) is 1. The SMILES string of the molecule is [CH2]C(O)(CCC)c1ccccc1. The van der Waals surface area contributed by atoms with Crippen molar-refractivity contribution in [2.45, 2.75) is 25.4 Å². The quantitative estimate of drug-likeness (QED) is 0.726. The summed E-state index contributed by atoms with van der Waals surface area (Å²) in [6.07, 6.45) is 1.64. The average Bonchev–Trinajstić information content (AvgIpc) is 2.06. The van der Waals surface area contributed by atoms with Crippen molar-refractivity contribution in [1.82, 2.24) is 0 Å². The van der Waals surface area contributed by atoms with E-state index in [4.69, 9.17) is 0 Å². The Morgan fingerprint density at radius 3 is 2.42 bits per heavy atom. The molecule has 65 valence electrons. The van der Waals surface area contributed by atoms with Crippen molar-refractivity contribution < 1.29 is 5.11 Å². The number of rotatable bonds is 3. The van der Waals surface area contributed by atoms with Gasteiger partial charge in [0.15, 0.2) is 0 Å². The summed E-state index contributed by atoms with van der Waals surface area (Å²) < 4.78 is 0. The topological polar surface area (TPSA) is 20.2 Å². The zero-order valence-corrected chi connectivity index (χ0v) is 7.46. The van der Waals surface area contributed by atoms with Crippen LogP contribution < -0.4 is 0 Å². The van der Waals surface area contributed by atoms with Crippen LogP contribution in [0.15, 0.2) is 30.3 Å².